The monoisotopic (exact) mass is 264 g/mol. The molecule has 0 atom stereocenters. The zero-order valence-electron chi connectivity index (χ0n) is 10.6. The van der Waals surface area contributed by atoms with Gasteiger partial charge in [-0.25, -0.2) is 4.79 Å². The zero-order chi connectivity index (χ0) is 13.9. The molecule has 0 spiro atoms. The normalized spacial score (nSPS) is 11.2. The third kappa shape index (κ3) is 2.19. The predicted molar refractivity (Wildman–Crippen MR) is 78.4 cm³/mol. The number of fused-ring (bicyclic) bond motifs is 1. The number of benzene rings is 1. The standard InChI is InChI=1S/C16H12N2O2/c19-16(20)13-11-18(14-7-4-9-17-15(13)14)10-8-12-5-2-1-3-6-12/h1-11H,(H,19,20). The van der Waals surface area contributed by atoms with Crippen molar-refractivity contribution < 1.29 is 9.90 Å². The lowest BCUT2D eigenvalue weighted by molar-refractivity contribution is 0.0698. The number of aromatic nitrogens is 2. The highest BCUT2D eigenvalue weighted by Crippen LogP contribution is 2.19. The topological polar surface area (TPSA) is 55.1 Å². The minimum atomic E-state index is -0.972. The molecule has 4 nitrogen and oxygen atoms in total. The van der Waals surface area contributed by atoms with Crippen molar-refractivity contribution in [2.24, 2.45) is 0 Å². The average molecular weight is 264 g/mol. The second-order valence-corrected chi connectivity index (χ2v) is 4.35. The molecule has 0 saturated carbocycles. The second-order valence-electron chi connectivity index (χ2n) is 4.35. The van der Waals surface area contributed by atoms with Crippen molar-refractivity contribution in [1.82, 2.24) is 9.55 Å². The summed E-state index contributed by atoms with van der Waals surface area (Å²) >= 11 is 0. The molecule has 0 aliphatic carbocycles. The van der Waals surface area contributed by atoms with Crippen molar-refractivity contribution in [3.05, 3.63) is 66.0 Å². The quantitative estimate of drug-likeness (QED) is 0.789. The number of rotatable bonds is 3. The van der Waals surface area contributed by atoms with Gasteiger partial charge in [0.25, 0.3) is 0 Å². The predicted octanol–water partition coefficient (Wildman–Crippen LogP) is 3.36. The van der Waals surface area contributed by atoms with Crippen molar-refractivity contribution >= 4 is 29.3 Å². The third-order valence-electron chi connectivity index (χ3n) is 3.05. The van der Waals surface area contributed by atoms with Crippen molar-refractivity contribution in [3.63, 3.8) is 0 Å². The summed E-state index contributed by atoms with van der Waals surface area (Å²) < 4.78 is 1.78. The van der Waals surface area contributed by atoms with Crippen LogP contribution in [0.2, 0.25) is 0 Å². The van der Waals surface area contributed by atoms with Crippen LogP contribution in [0.4, 0.5) is 0 Å². The highest BCUT2D eigenvalue weighted by atomic mass is 16.4. The van der Waals surface area contributed by atoms with Gasteiger partial charge in [0, 0.05) is 18.6 Å². The molecule has 4 heteroatoms. The van der Waals surface area contributed by atoms with Crippen LogP contribution in [0.15, 0.2) is 54.9 Å². The Bertz CT molecular complexity index is 789. The van der Waals surface area contributed by atoms with Crippen LogP contribution in [0.25, 0.3) is 23.3 Å². The molecule has 0 bridgehead atoms. The Morgan fingerprint density at radius 2 is 1.95 bits per heavy atom. The first-order valence-corrected chi connectivity index (χ1v) is 6.18. The number of aromatic carboxylic acids is 1. The number of hydrogen-bond acceptors (Lipinski definition) is 2. The van der Waals surface area contributed by atoms with Gasteiger partial charge in [0.2, 0.25) is 0 Å². The molecule has 1 N–H and O–H groups in total. The third-order valence-corrected chi connectivity index (χ3v) is 3.05. The summed E-state index contributed by atoms with van der Waals surface area (Å²) in [5.74, 6) is -0.972. The van der Waals surface area contributed by atoms with E-state index in [2.05, 4.69) is 4.98 Å². The van der Waals surface area contributed by atoms with E-state index >= 15 is 0 Å². The fraction of sp³-hybridized carbons (Fsp3) is 0. The molecule has 2 heterocycles. The van der Waals surface area contributed by atoms with Crippen LogP contribution >= 0.6 is 0 Å². The minimum Gasteiger partial charge on any atom is -0.478 e. The maximum Gasteiger partial charge on any atom is 0.339 e. The molecule has 0 aliphatic heterocycles. The molecule has 0 radical (unpaired) electrons. The summed E-state index contributed by atoms with van der Waals surface area (Å²) in [4.78, 5) is 15.4. The van der Waals surface area contributed by atoms with Gasteiger partial charge in [-0.1, -0.05) is 30.3 Å². The van der Waals surface area contributed by atoms with E-state index in [4.69, 9.17) is 0 Å². The molecule has 0 aliphatic rings. The lowest BCUT2D eigenvalue weighted by atomic mass is 10.2. The van der Waals surface area contributed by atoms with E-state index in [9.17, 15) is 9.90 Å². The van der Waals surface area contributed by atoms with Crippen molar-refractivity contribution in [1.29, 1.82) is 0 Å². The maximum atomic E-state index is 11.2. The fourth-order valence-electron chi connectivity index (χ4n) is 2.09. The molecule has 0 unspecified atom stereocenters. The van der Waals surface area contributed by atoms with E-state index in [-0.39, 0.29) is 5.56 Å². The molecule has 0 amide bonds. The second kappa shape index (κ2) is 5.01. The highest BCUT2D eigenvalue weighted by molar-refractivity contribution is 6.02. The van der Waals surface area contributed by atoms with Crippen LogP contribution in [-0.2, 0) is 0 Å². The largest absolute Gasteiger partial charge is 0.478 e. The Morgan fingerprint density at radius 3 is 2.70 bits per heavy atom. The van der Waals surface area contributed by atoms with Crippen molar-refractivity contribution in [2.75, 3.05) is 0 Å². The van der Waals surface area contributed by atoms with Gasteiger partial charge in [-0.05, 0) is 23.8 Å². The molecule has 0 saturated heterocycles. The summed E-state index contributed by atoms with van der Waals surface area (Å²) in [6, 6.07) is 13.5. The first kappa shape index (κ1) is 12.2. The number of pyridine rings is 1. The number of carboxylic acids is 1. The number of hydrogen-bond donors (Lipinski definition) is 1. The van der Waals surface area contributed by atoms with E-state index in [1.807, 2.05) is 48.7 Å². The SMILES string of the molecule is O=C(O)c1cn(C=Cc2ccccc2)c2cccnc12. The summed E-state index contributed by atoms with van der Waals surface area (Å²) in [6.45, 7) is 0. The summed E-state index contributed by atoms with van der Waals surface area (Å²) in [6.07, 6.45) is 6.95. The van der Waals surface area contributed by atoms with Crippen LogP contribution in [0, 0.1) is 0 Å². The van der Waals surface area contributed by atoms with E-state index in [1.165, 1.54) is 0 Å². The van der Waals surface area contributed by atoms with Crippen molar-refractivity contribution in [2.45, 2.75) is 0 Å². The molecule has 20 heavy (non-hydrogen) atoms. The van der Waals surface area contributed by atoms with Gasteiger partial charge in [-0.2, -0.15) is 0 Å². The minimum absolute atomic E-state index is 0.207. The summed E-state index contributed by atoms with van der Waals surface area (Å²) in [5.41, 5.74) is 2.53. The number of nitrogens with zero attached hydrogens (tertiary/aromatic N) is 2. The van der Waals surface area contributed by atoms with Crippen LogP contribution in [-0.4, -0.2) is 20.6 Å². The first-order chi connectivity index (χ1) is 9.75. The fourth-order valence-corrected chi connectivity index (χ4v) is 2.09. The average Bonchev–Trinajstić information content (AvgIpc) is 2.85. The molecule has 1 aromatic carbocycles. The van der Waals surface area contributed by atoms with Crippen LogP contribution in [0.5, 0.6) is 0 Å². The Morgan fingerprint density at radius 1 is 1.15 bits per heavy atom. The zero-order valence-corrected chi connectivity index (χ0v) is 10.6. The van der Waals surface area contributed by atoms with Gasteiger partial charge in [0.1, 0.15) is 11.1 Å². The van der Waals surface area contributed by atoms with E-state index in [1.54, 1.807) is 23.0 Å². The molecular weight excluding hydrogens is 252 g/mol. The van der Waals surface area contributed by atoms with E-state index < -0.39 is 5.97 Å². The van der Waals surface area contributed by atoms with Gasteiger partial charge in [0.15, 0.2) is 0 Å². The molecule has 0 fully saturated rings. The Kier molecular flexibility index (Phi) is 3.05. The Hall–Kier alpha value is -2.88. The van der Waals surface area contributed by atoms with Crippen LogP contribution < -0.4 is 0 Å². The Labute approximate surface area is 115 Å². The van der Waals surface area contributed by atoms with Crippen LogP contribution in [0.1, 0.15) is 15.9 Å². The van der Waals surface area contributed by atoms with Gasteiger partial charge in [-0.15, -0.1) is 0 Å². The molecule has 3 aromatic rings. The maximum absolute atomic E-state index is 11.2. The lowest BCUT2D eigenvalue weighted by Crippen LogP contribution is -1.94. The molecular formula is C16H12N2O2. The van der Waals surface area contributed by atoms with E-state index in [0.717, 1.165) is 11.1 Å². The van der Waals surface area contributed by atoms with Gasteiger partial charge in [-0.3, -0.25) is 4.98 Å². The molecule has 2 aromatic heterocycles. The van der Waals surface area contributed by atoms with E-state index in [0.29, 0.717) is 5.52 Å². The van der Waals surface area contributed by atoms with Gasteiger partial charge in [0.05, 0.1) is 5.52 Å². The lowest BCUT2D eigenvalue weighted by Gasteiger charge is -1.97. The first-order valence-electron chi connectivity index (χ1n) is 6.18. The Balaban J connectivity index is 2.08. The molecule has 3 rings (SSSR count). The summed E-state index contributed by atoms with van der Waals surface area (Å²) in [5, 5.41) is 9.20. The van der Waals surface area contributed by atoms with Gasteiger partial charge < -0.3 is 9.67 Å². The van der Waals surface area contributed by atoms with Crippen LogP contribution in [0.3, 0.4) is 0 Å². The smallest absolute Gasteiger partial charge is 0.339 e. The van der Waals surface area contributed by atoms with Gasteiger partial charge >= 0.3 is 5.97 Å². The van der Waals surface area contributed by atoms with Crippen molar-refractivity contribution in [3.8, 4) is 0 Å². The number of carboxylic acid groups (broad SMARTS) is 1. The number of carbonyl (C=O) groups is 1. The summed E-state index contributed by atoms with van der Waals surface area (Å²) in [7, 11) is 0. The highest BCUT2D eigenvalue weighted by Gasteiger charge is 2.13. The molecule has 98 valence electrons.